The number of benzene rings is 2. The third-order valence-electron chi connectivity index (χ3n) is 3.77. The summed E-state index contributed by atoms with van der Waals surface area (Å²) in [6, 6.07) is 13.8. The lowest BCUT2D eigenvalue weighted by Crippen LogP contribution is -2.27. The molecule has 0 aliphatic carbocycles. The fourth-order valence-corrected chi connectivity index (χ4v) is 3.74. The van der Waals surface area contributed by atoms with E-state index in [1.165, 1.54) is 42.0 Å². The maximum atomic E-state index is 12.7. The number of carbonyl (C=O) groups excluding carboxylic acids is 1. The Bertz CT molecular complexity index is 913. The van der Waals surface area contributed by atoms with Crippen molar-refractivity contribution < 1.29 is 14.5 Å². The van der Waals surface area contributed by atoms with Gasteiger partial charge >= 0.3 is 0 Å². The van der Waals surface area contributed by atoms with Crippen molar-refractivity contribution >= 4 is 46.0 Å². The molecule has 26 heavy (non-hydrogen) atoms. The Kier molecular flexibility index (Phi) is 5.34. The van der Waals surface area contributed by atoms with Crippen molar-refractivity contribution in [3.63, 3.8) is 0 Å². The second kappa shape index (κ2) is 7.67. The first-order valence-corrected chi connectivity index (χ1v) is 8.84. The highest BCUT2D eigenvalue weighted by molar-refractivity contribution is 8.26. The summed E-state index contributed by atoms with van der Waals surface area (Å²) in [6.45, 7) is 0.384. The first-order valence-electron chi connectivity index (χ1n) is 7.61. The molecule has 6 nitrogen and oxygen atoms in total. The molecule has 0 bridgehead atoms. The van der Waals surface area contributed by atoms with Gasteiger partial charge in [-0.1, -0.05) is 54.3 Å². The smallest absolute Gasteiger partial charge is 0.270 e. The number of methoxy groups -OCH3 is 1. The average molecular weight is 386 g/mol. The van der Waals surface area contributed by atoms with Crippen molar-refractivity contribution in [2.24, 2.45) is 0 Å². The molecule has 1 heterocycles. The molecular weight excluding hydrogens is 372 g/mol. The van der Waals surface area contributed by atoms with Crippen molar-refractivity contribution in [3.05, 3.63) is 74.7 Å². The maximum Gasteiger partial charge on any atom is 0.270 e. The summed E-state index contributed by atoms with van der Waals surface area (Å²) in [6.07, 6.45) is 1.58. The van der Waals surface area contributed by atoms with E-state index in [-0.39, 0.29) is 11.6 Å². The van der Waals surface area contributed by atoms with Crippen LogP contribution in [0.3, 0.4) is 0 Å². The van der Waals surface area contributed by atoms with Crippen LogP contribution in [-0.2, 0) is 11.3 Å². The molecule has 1 aliphatic rings. The number of hydrogen-bond donors (Lipinski definition) is 0. The monoisotopic (exact) mass is 386 g/mol. The standard InChI is InChI=1S/C18H14N2O4S2/c1-24-15-8-7-14(20(22)23)9-13(15)10-16-17(21)19(18(25)26-16)11-12-5-3-2-4-6-12/h2-10H,11H2,1H3. The van der Waals surface area contributed by atoms with Crippen LogP contribution in [0.1, 0.15) is 11.1 Å². The maximum absolute atomic E-state index is 12.7. The molecule has 0 unspecified atom stereocenters. The first-order chi connectivity index (χ1) is 12.5. The number of carbonyl (C=O) groups is 1. The summed E-state index contributed by atoms with van der Waals surface area (Å²) >= 11 is 6.50. The molecule has 0 atom stereocenters. The third-order valence-corrected chi connectivity index (χ3v) is 5.15. The highest BCUT2D eigenvalue weighted by Crippen LogP contribution is 2.36. The van der Waals surface area contributed by atoms with Crippen molar-refractivity contribution in [2.45, 2.75) is 6.54 Å². The summed E-state index contributed by atoms with van der Waals surface area (Å²) < 4.78 is 5.69. The number of non-ortho nitro benzene ring substituents is 1. The highest BCUT2D eigenvalue weighted by atomic mass is 32.2. The topological polar surface area (TPSA) is 72.7 Å². The Morgan fingerprint density at radius 3 is 2.65 bits per heavy atom. The van der Waals surface area contributed by atoms with Gasteiger partial charge in [-0.3, -0.25) is 19.8 Å². The molecular formula is C18H14N2O4S2. The molecule has 1 saturated heterocycles. The number of amides is 1. The summed E-state index contributed by atoms with van der Waals surface area (Å²) in [7, 11) is 1.47. The molecule has 0 aromatic heterocycles. The largest absolute Gasteiger partial charge is 0.496 e. The number of rotatable bonds is 5. The van der Waals surface area contributed by atoms with Crippen LogP contribution < -0.4 is 4.74 Å². The Hall–Kier alpha value is -2.71. The van der Waals surface area contributed by atoms with E-state index in [1.807, 2.05) is 30.3 Å². The van der Waals surface area contributed by atoms with Crippen molar-refractivity contribution in [3.8, 4) is 5.75 Å². The van der Waals surface area contributed by atoms with E-state index in [0.717, 1.165) is 5.56 Å². The zero-order valence-corrected chi connectivity index (χ0v) is 15.4. The van der Waals surface area contributed by atoms with Gasteiger partial charge in [-0.15, -0.1) is 0 Å². The van der Waals surface area contributed by atoms with Crippen LogP contribution in [0.25, 0.3) is 6.08 Å². The van der Waals surface area contributed by atoms with Gasteiger partial charge in [0.05, 0.1) is 23.5 Å². The van der Waals surface area contributed by atoms with E-state index in [2.05, 4.69) is 0 Å². The highest BCUT2D eigenvalue weighted by Gasteiger charge is 2.32. The lowest BCUT2D eigenvalue weighted by molar-refractivity contribution is -0.384. The zero-order chi connectivity index (χ0) is 18.7. The van der Waals surface area contributed by atoms with Crippen LogP contribution >= 0.6 is 24.0 Å². The average Bonchev–Trinajstić information content (AvgIpc) is 2.90. The summed E-state index contributed by atoms with van der Waals surface area (Å²) in [5.41, 5.74) is 1.36. The fraction of sp³-hybridized carbons (Fsp3) is 0.111. The van der Waals surface area contributed by atoms with Crippen LogP contribution in [0.15, 0.2) is 53.4 Å². The van der Waals surface area contributed by atoms with Gasteiger partial charge in [0.2, 0.25) is 0 Å². The minimum absolute atomic E-state index is 0.0724. The minimum Gasteiger partial charge on any atom is -0.496 e. The van der Waals surface area contributed by atoms with E-state index in [9.17, 15) is 14.9 Å². The van der Waals surface area contributed by atoms with Crippen LogP contribution in [0, 0.1) is 10.1 Å². The number of nitrogens with zero attached hydrogens (tertiary/aromatic N) is 2. The Morgan fingerprint density at radius 2 is 2.00 bits per heavy atom. The van der Waals surface area contributed by atoms with Gasteiger partial charge < -0.3 is 4.74 Å². The van der Waals surface area contributed by atoms with E-state index < -0.39 is 4.92 Å². The number of hydrogen-bond acceptors (Lipinski definition) is 6. The Labute approximate surface area is 159 Å². The molecule has 1 fully saturated rings. The van der Waals surface area contributed by atoms with Crippen LogP contribution in [0.5, 0.6) is 5.75 Å². The van der Waals surface area contributed by atoms with Crippen LogP contribution in [0.2, 0.25) is 0 Å². The SMILES string of the molecule is COc1ccc([N+](=O)[O-])cc1C=C1SC(=S)N(Cc2ccccc2)C1=O. The zero-order valence-electron chi connectivity index (χ0n) is 13.7. The van der Waals surface area contributed by atoms with Crippen molar-refractivity contribution in [1.29, 1.82) is 0 Å². The first kappa shape index (κ1) is 18.1. The second-order valence-corrected chi connectivity index (χ2v) is 7.11. The minimum atomic E-state index is -0.489. The fourth-order valence-electron chi connectivity index (χ4n) is 2.49. The van der Waals surface area contributed by atoms with Crippen LogP contribution in [0.4, 0.5) is 5.69 Å². The molecule has 0 saturated carbocycles. The molecule has 1 amide bonds. The third kappa shape index (κ3) is 3.76. The molecule has 0 spiro atoms. The van der Waals surface area contributed by atoms with E-state index in [4.69, 9.17) is 17.0 Å². The molecule has 2 aromatic rings. The predicted octanol–water partition coefficient (Wildman–Crippen LogP) is 4.00. The van der Waals surface area contributed by atoms with Gasteiger partial charge in [-0.25, -0.2) is 0 Å². The predicted molar refractivity (Wildman–Crippen MR) is 105 cm³/mol. The normalized spacial score (nSPS) is 15.6. The molecule has 132 valence electrons. The van der Waals surface area contributed by atoms with Crippen molar-refractivity contribution in [1.82, 2.24) is 4.90 Å². The number of thioether (sulfide) groups is 1. The summed E-state index contributed by atoms with van der Waals surface area (Å²) in [5.74, 6) is 0.223. The van der Waals surface area contributed by atoms with Crippen LogP contribution in [-0.4, -0.2) is 27.2 Å². The Balaban J connectivity index is 1.90. The molecule has 0 radical (unpaired) electrons. The molecule has 0 N–H and O–H groups in total. The summed E-state index contributed by atoms with van der Waals surface area (Å²) in [5, 5.41) is 11.0. The lowest BCUT2D eigenvalue weighted by Gasteiger charge is -2.14. The van der Waals surface area contributed by atoms with Gasteiger partial charge in [0, 0.05) is 17.7 Å². The van der Waals surface area contributed by atoms with Gasteiger partial charge in [-0.05, 0) is 17.7 Å². The number of nitro groups is 1. The lowest BCUT2D eigenvalue weighted by atomic mass is 10.1. The molecule has 2 aromatic carbocycles. The second-order valence-electron chi connectivity index (χ2n) is 5.44. The number of nitro benzene ring substituents is 1. The van der Waals surface area contributed by atoms with Gasteiger partial charge in [0.25, 0.3) is 11.6 Å². The summed E-state index contributed by atoms with van der Waals surface area (Å²) in [4.78, 5) is 25.2. The number of thiocarbonyl (C=S) groups is 1. The van der Waals surface area contributed by atoms with Gasteiger partial charge in [0.1, 0.15) is 10.1 Å². The van der Waals surface area contributed by atoms with Gasteiger partial charge in [0.15, 0.2) is 0 Å². The van der Waals surface area contributed by atoms with E-state index in [0.29, 0.717) is 27.1 Å². The van der Waals surface area contributed by atoms with Gasteiger partial charge in [-0.2, -0.15) is 0 Å². The molecule has 1 aliphatic heterocycles. The van der Waals surface area contributed by atoms with E-state index in [1.54, 1.807) is 6.08 Å². The Morgan fingerprint density at radius 1 is 1.27 bits per heavy atom. The van der Waals surface area contributed by atoms with E-state index >= 15 is 0 Å². The quantitative estimate of drug-likeness (QED) is 0.335. The van der Waals surface area contributed by atoms with Crippen molar-refractivity contribution in [2.75, 3.05) is 7.11 Å². The number of ether oxygens (including phenoxy) is 1. The molecule has 3 rings (SSSR count). The molecule has 8 heteroatoms.